The standard InChI is InChI=1S/C16H10F3N3O2/c17-16(18,19)11-6-7-14(22(23)24)13(9-11)21-12-5-1-3-10-4-2-8-20-15(10)12/h1-9,21H. The average Bonchev–Trinajstić information content (AvgIpc) is 2.54. The molecule has 122 valence electrons. The molecule has 0 amide bonds. The molecule has 3 aromatic rings. The Kier molecular flexibility index (Phi) is 3.80. The van der Waals surface area contributed by atoms with Crippen LogP contribution in [0.3, 0.4) is 0 Å². The lowest BCUT2D eigenvalue weighted by atomic mass is 10.1. The van der Waals surface area contributed by atoms with Crippen molar-refractivity contribution in [2.45, 2.75) is 6.18 Å². The highest BCUT2D eigenvalue weighted by Gasteiger charge is 2.32. The second kappa shape index (κ2) is 5.80. The SMILES string of the molecule is O=[N+]([O-])c1ccc(C(F)(F)F)cc1Nc1cccc2cccnc12. The quantitative estimate of drug-likeness (QED) is 0.546. The Morgan fingerprint density at radius 2 is 1.79 bits per heavy atom. The van der Waals surface area contributed by atoms with Crippen molar-refractivity contribution in [2.75, 3.05) is 5.32 Å². The summed E-state index contributed by atoms with van der Waals surface area (Å²) in [5.41, 5.74) is -0.769. The van der Waals surface area contributed by atoms with E-state index in [0.29, 0.717) is 17.3 Å². The summed E-state index contributed by atoms with van der Waals surface area (Å²) in [7, 11) is 0. The number of nitro benzene ring substituents is 1. The number of hydrogen-bond donors (Lipinski definition) is 1. The molecule has 24 heavy (non-hydrogen) atoms. The molecule has 3 rings (SSSR count). The van der Waals surface area contributed by atoms with E-state index in [9.17, 15) is 23.3 Å². The van der Waals surface area contributed by atoms with Crippen LogP contribution in [0.4, 0.5) is 30.2 Å². The molecule has 5 nitrogen and oxygen atoms in total. The van der Waals surface area contributed by atoms with E-state index in [1.54, 1.807) is 30.3 Å². The number of nitrogens with one attached hydrogen (secondary N) is 1. The minimum Gasteiger partial charge on any atom is -0.348 e. The minimum absolute atomic E-state index is 0.243. The first kappa shape index (κ1) is 15.7. The zero-order chi connectivity index (χ0) is 17.3. The van der Waals surface area contributed by atoms with Crippen LogP contribution in [0.2, 0.25) is 0 Å². The van der Waals surface area contributed by atoms with Gasteiger partial charge in [0.1, 0.15) is 5.69 Å². The lowest BCUT2D eigenvalue weighted by molar-refractivity contribution is -0.384. The molecule has 0 bridgehead atoms. The van der Waals surface area contributed by atoms with E-state index in [0.717, 1.165) is 17.5 Å². The molecule has 0 saturated heterocycles. The van der Waals surface area contributed by atoms with Crippen molar-refractivity contribution in [3.8, 4) is 0 Å². The van der Waals surface area contributed by atoms with Crippen molar-refractivity contribution in [1.82, 2.24) is 4.98 Å². The third-order valence-corrected chi connectivity index (χ3v) is 3.42. The van der Waals surface area contributed by atoms with Crippen LogP contribution < -0.4 is 5.32 Å². The van der Waals surface area contributed by atoms with Crippen molar-refractivity contribution >= 4 is 28.0 Å². The number of anilines is 2. The molecule has 8 heteroatoms. The predicted octanol–water partition coefficient (Wildman–Crippen LogP) is 4.91. The van der Waals surface area contributed by atoms with Crippen molar-refractivity contribution in [3.63, 3.8) is 0 Å². The zero-order valence-corrected chi connectivity index (χ0v) is 12.0. The van der Waals surface area contributed by atoms with Crippen LogP contribution in [0.1, 0.15) is 5.56 Å². The summed E-state index contributed by atoms with van der Waals surface area (Å²) in [4.78, 5) is 14.5. The molecule has 0 spiro atoms. The molecule has 2 aromatic carbocycles. The smallest absolute Gasteiger partial charge is 0.348 e. The molecular formula is C16H10F3N3O2. The summed E-state index contributed by atoms with van der Waals surface area (Å²) in [5, 5.41) is 14.6. The summed E-state index contributed by atoms with van der Waals surface area (Å²) in [6.07, 6.45) is -3.06. The zero-order valence-electron chi connectivity index (χ0n) is 12.0. The van der Waals surface area contributed by atoms with Gasteiger partial charge in [0.25, 0.3) is 5.69 Å². The van der Waals surface area contributed by atoms with Gasteiger partial charge in [-0.3, -0.25) is 15.1 Å². The fourth-order valence-corrected chi connectivity index (χ4v) is 2.32. The molecule has 0 saturated carbocycles. The van der Waals surface area contributed by atoms with Crippen LogP contribution in [0.25, 0.3) is 10.9 Å². The second-order valence-corrected chi connectivity index (χ2v) is 4.99. The van der Waals surface area contributed by atoms with Gasteiger partial charge in [0.2, 0.25) is 0 Å². The van der Waals surface area contributed by atoms with Gasteiger partial charge in [-0.05, 0) is 24.3 Å². The Morgan fingerprint density at radius 3 is 2.50 bits per heavy atom. The highest BCUT2D eigenvalue weighted by atomic mass is 19.4. The Labute approximate surface area is 133 Å². The van der Waals surface area contributed by atoms with Crippen LogP contribution in [0.15, 0.2) is 54.7 Å². The molecule has 0 radical (unpaired) electrons. The van der Waals surface area contributed by atoms with Crippen molar-refractivity contribution in [1.29, 1.82) is 0 Å². The maximum Gasteiger partial charge on any atom is 0.416 e. The third-order valence-electron chi connectivity index (χ3n) is 3.42. The van der Waals surface area contributed by atoms with Crippen LogP contribution in [-0.4, -0.2) is 9.91 Å². The van der Waals surface area contributed by atoms with E-state index >= 15 is 0 Å². The molecule has 0 fully saturated rings. The topological polar surface area (TPSA) is 68.1 Å². The first-order valence-corrected chi connectivity index (χ1v) is 6.82. The monoisotopic (exact) mass is 333 g/mol. The summed E-state index contributed by atoms with van der Waals surface area (Å²) in [5.74, 6) is 0. The first-order chi connectivity index (χ1) is 11.4. The van der Waals surface area contributed by atoms with Crippen LogP contribution >= 0.6 is 0 Å². The average molecular weight is 333 g/mol. The highest BCUT2D eigenvalue weighted by molar-refractivity contribution is 5.92. The summed E-state index contributed by atoms with van der Waals surface area (Å²) in [6, 6.07) is 10.8. The number of nitrogens with zero attached hydrogens (tertiary/aromatic N) is 2. The normalized spacial score (nSPS) is 11.5. The van der Waals surface area contributed by atoms with Crippen molar-refractivity contribution in [2.24, 2.45) is 0 Å². The van der Waals surface area contributed by atoms with E-state index in [4.69, 9.17) is 0 Å². The summed E-state index contributed by atoms with van der Waals surface area (Å²) >= 11 is 0. The van der Waals surface area contributed by atoms with E-state index < -0.39 is 22.4 Å². The second-order valence-electron chi connectivity index (χ2n) is 4.99. The van der Waals surface area contributed by atoms with Crippen LogP contribution in [0.5, 0.6) is 0 Å². The highest BCUT2D eigenvalue weighted by Crippen LogP contribution is 2.36. The molecule has 0 aliphatic heterocycles. The minimum atomic E-state index is -4.59. The maximum absolute atomic E-state index is 12.9. The fourth-order valence-electron chi connectivity index (χ4n) is 2.32. The van der Waals surface area contributed by atoms with Gasteiger partial charge in [-0.25, -0.2) is 0 Å². The summed E-state index contributed by atoms with van der Waals surface area (Å²) < 4.78 is 38.6. The van der Waals surface area contributed by atoms with Gasteiger partial charge in [0.05, 0.1) is 21.7 Å². The Morgan fingerprint density at radius 1 is 1.04 bits per heavy atom. The van der Waals surface area contributed by atoms with E-state index in [1.807, 2.05) is 0 Å². The first-order valence-electron chi connectivity index (χ1n) is 6.82. The number of alkyl halides is 3. The van der Waals surface area contributed by atoms with Gasteiger partial charge >= 0.3 is 6.18 Å². The molecule has 0 atom stereocenters. The lowest BCUT2D eigenvalue weighted by Gasteiger charge is -2.12. The fraction of sp³-hybridized carbons (Fsp3) is 0.0625. The number of halogens is 3. The van der Waals surface area contributed by atoms with Crippen LogP contribution in [0, 0.1) is 10.1 Å². The molecule has 1 heterocycles. The number of rotatable bonds is 3. The van der Waals surface area contributed by atoms with Crippen molar-refractivity contribution in [3.05, 3.63) is 70.4 Å². The molecular weight excluding hydrogens is 323 g/mol. The maximum atomic E-state index is 12.9. The van der Waals surface area contributed by atoms with Gasteiger partial charge in [-0.1, -0.05) is 18.2 Å². The van der Waals surface area contributed by atoms with Gasteiger partial charge in [0, 0.05) is 17.6 Å². The predicted molar refractivity (Wildman–Crippen MR) is 83.1 cm³/mol. The van der Waals surface area contributed by atoms with Crippen molar-refractivity contribution < 1.29 is 18.1 Å². The van der Waals surface area contributed by atoms with Gasteiger partial charge < -0.3 is 5.32 Å². The van der Waals surface area contributed by atoms with E-state index in [-0.39, 0.29) is 5.69 Å². The van der Waals surface area contributed by atoms with Gasteiger partial charge in [-0.15, -0.1) is 0 Å². The number of para-hydroxylation sites is 1. The number of pyridine rings is 1. The Balaban J connectivity index is 2.12. The number of nitro groups is 1. The van der Waals surface area contributed by atoms with Gasteiger partial charge in [0.15, 0.2) is 0 Å². The molecule has 1 N–H and O–H groups in total. The number of hydrogen-bond acceptors (Lipinski definition) is 4. The Bertz CT molecular complexity index is 921. The largest absolute Gasteiger partial charge is 0.416 e. The Hall–Kier alpha value is -3.16. The molecule has 0 aliphatic rings. The van der Waals surface area contributed by atoms with Crippen LogP contribution in [-0.2, 0) is 6.18 Å². The summed E-state index contributed by atoms with van der Waals surface area (Å²) in [6.45, 7) is 0. The van der Waals surface area contributed by atoms with E-state index in [1.165, 1.54) is 6.20 Å². The third kappa shape index (κ3) is 2.98. The number of benzene rings is 2. The molecule has 0 unspecified atom stereocenters. The lowest BCUT2D eigenvalue weighted by Crippen LogP contribution is -2.07. The number of fused-ring (bicyclic) bond motifs is 1. The van der Waals surface area contributed by atoms with Gasteiger partial charge in [-0.2, -0.15) is 13.2 Å². The number of aromatic nitrogens is 1. The molecule has 0 aliphatic carbocycles. The molecule has 1 aromatic heterocycles. The van der Waals surface area contributed by atoms with E-state index in [2.05, 4.69) is 10.3 Å².